The minimum atomic E-state index is -0.540. The Labute approximate surface area is 135 Å². The van der Waals surface area contributed by atoms with Gasteiger partial charge < -0.3 is 14.0 Å². The number of esters is 1. The summed E-state index contributed by atoms with van der Waals surface area (Å²) in [6, 6.07) is 6.85. The molecule has 5 nitrogen and oxygen atoms in total. The largest absolute Gasteiger partial charge is 0.496 e. The first-order chi connectivity index (χ1) is 10.8. The molecular weight excluding hydrogens is 294 g/mol. The summed E-state index contributed by atoms with van der Waals surface area (Å²) >= 11 is 0. The van der Waals surface area contributed by atoms with Crippen molar-refractivity contribution in [3.05, 3.63) is 52.3 Å². The predicted octanol–water partition coefficient (Wildman–Crippen LogP) is 3.00. The lowest BCUT2D eigenvalue weighted by atomic mass is 10.1. The molecule has 0 unspecified atom stereocenters. The van der Waals surface area contributed by atoms with E-state index in [4.69, 9.17) is 9.47 Å². The van der Waals surface area contributed by atoms with Gasteiger partial charge in [0.1, 0.15) is 5.75 Å². The summed E-state index contributed by atoms with van der Waals surface area (Å²) in [5, 5.41) is 0. The van der Waals surface area contributed by atoms with Crippen molar-refractivity contribution in [1.82, 2.24) is 4.57 Å². The number of benzene rings is 1. The quantitative estimate of drug-likeness (QED) is 0.629. The van der Waals surface area contributed by atoms with E-state index in [0.29, 0.717) is 16.9 Å². The molecule has 0 radical (unpaired) electrons. The Morgan fingerprint density at radius 2 is 1.83 bits per heavy atom. The van der Waals surface area contributed by atoms with Gasteiger partial charge in [0.15, 0.2) is 6.61 Å². The van der Waals surface area contributed by atoms with E-state index in [2.05, 4.69) is 0 Å². The highest BCUT2D eigenvalue weighted by atomic mass is 16.5. The summed E-state index contributed by atoms with van der Waals surface area (Å²) in [6.07, 6.45) is 0. The van der Waals surface area contributed by atoms with Crippen molar-refractivity contribution in [2.24, 2.45) is 7.05 Å². The van der Waals surface area contributed by atoms with Crippen LogP contribution >= 0.6 is 0 Å². The highest BCUT2D eigenvalue weighted by Gasteiger charge is 2.17. The fraction of sp³-hybridized carbons (Fsp3) is 0.333. The van der Waals surface area contributed by atoms with E-state index >= 15 is 0 Å². The van der Waals surface area contributed by atoms with Crippen molar-refractivity contribution >= 4 is 11.8 Å². The third-order valence-electron chi connectivity index (χ3n) is 4.05. The van der Waals surface area contributed by atoms with Crippen molar-refractivity contribution in [2.45, 2.75) is 20.8 Å². The molecule has 122 valence electrons. The normalized spacial score (nSPS) is 10.5. The van der Waals surface area contributed by atoms with Gasteiger partial charge in [0.05, 0.1) is 12.7 Å². The Kier molecular flexibility index (Phi) is 4.89. The predicted molar refractivity (Wildman–Crippen MR) is 87.2 cm³/mol. The second-order valence-electron chi connectivity index (χ2n) is 5.53. The molecule has 0 amide bonds. The Hall–Kier alpha value is -2.56. The number of methoxy groups -OCH3 is 1. The first-order valence-corrected chi connectivity index (χ1v) is 7.33. The van der Waals surface area contributed by atoms with E-state index in [1.165, 1.54) is 0 Å². The molecule has 0 atom stereocenters. The van der Waals surface area contributed by atoms with Crippen molar-refractivity contribution < 1.29 is 19.1 Å². The Balaban J connectivity index is 2.07. The summed E-state index contributed by atoms with van der Waals surface area (Å²) in [6.45, 7) is 5.40. The molecule has 0 bridgehead atoms. The molecule has 5 heteroatoms. The van der Waals surface area contributed by atoms with Gasteiger partial charge in [0.25, 0.3) is 0 Å². The van der Waals surface area contributed by atoms with Crippen LogP contribution < -0.4 is 4.74 Å². The number of Topliss-reactive ketones (excluding diaryl/α,β-unsaturated/α-hetero) is 1. The lowest BCUT2D eigenvalue weighted by Crippen LogP contribution is -2.15. The number of hydrogen-bond acceptors (Lipinski definition) is 4. The van der Waals surface area contributed by atoms with E-state index in [1.54, 1.807) is 31.4 Å². The summed E-state index contributed by atoms with van der Waals surface area (Å²) in [4.78, 5) is 24.3. The van der Waals surface area contributed by atoms with E-state index < -0.39 is 5.97 Å². The topological polar surface area (TPSA) is 57.5 Å². The van der Waals surface area contributed by atoms with Gasteiger partial charge in [-0.05, 0) is 44.5 Å². The molecule has 0 spiro atoms. The number of hydrogen-bond donors (Lipinski definition) is 0. The number of ether oxygens (including phenoxy) is 2. The maximum Gasteiger partial charge on any atom is 0.338 e. The van der Waals surface area contributed by atoms with Crippen molar-refractivity contribution in [2.75, 3.05) is 13.7 Å². The summed E-state index contributed by atoms with van der Waals surface area (Å²) in [7, 11) is 3.44. The summed E-state index contributed by atoms with van der Waals surface area (Å²) in [5.74, 6) is -0.138. The first kappa shape index (κ1) is 16.8. The monoisotopic (exact) mass is 315 g/mol. The standard InChI is InChI=1S/C18H21NO4/c1-11-6-7-14(9-17(11)22-5)18(21)23-10-16(20)15-8-12(2)19(4)13(15)3/h6-9H,10H2,1-5H3. The lowest BCUT2D eigenvalue weighted by Gasteiger charge is -2.08. The Morgan fingerprint density at radius 1 is 1.13 bits per heavy atom. The molecule has 0 saturated carbocycles. The van der Waals surface area contributed by atoms with Crippen LogP contribution in [0.5, 0.6) is 5.75 Å². The molecule has 0 aliphatic rings. The SMILES string of the molecule is COc1cc(C(=O)OCC(=O)c2cc(C)n(C)c2C)ccc1C. The first-order valence-electron chi connectivity index (χ1n) is 7.33. The molecule has 0 N–H and O–H groups in total. The molecule has 0 aliphatic heterocycles. The molecule has 2 aromatic rings. The second kappa shape index (κ2) is 6.69. The fourth-order valence-corrected chi connectivity index (χ4v) is 2.38. The minimum Gasteiger partial charge on any atom is -0.496 e. The average molecular weight is 315 g/mol. The van der Waals surface area contributed by atoms with E-state index in [-0.39, 0.29) is 12.4 Å². The summed E-state index contributed by atoms with van der Waals surface area (Å²) < 4.78 is 12.2. The van der Waals surface area contributed by atoms with Crippen LogP contribution in [0, 0.1) is 20.8 Å². The van der Waals surface area contributed by atoms with Crippen molar-refractivity contribution in [1.29, 1.82) is 0 Å². The van der Waals surface area contributed by atoms with Crippen LogP contribution in [0.4, 0.5) is 0 Å². The van der Waals surface area contributed by atoms with Crippen molar-refractivity contribution in [3.8, 4) is 5.75 Å². The van der Waals surface area contributed by atoms with Crippen LogP contribution in [-0.4, -0.2) is 30.0 Å². The van der Waals surface area contributed by atoms with Gasteiger partial charge in [-0.25, -0.2) is 4.79 Å². The van der Waals surface area contributed by atoms with Crippen LogP contribution in [0.25, 0.3) is 0 Å². The third kappa shape index (κ3) is 3.44. The molecule has 23 heavy (non-hydrogen) atoms. The number of nitrogens with zero attached hydrogens (tertiary/aromatic N) is 1. The number of carbonyl (C=O) groups is 2. The van der Waals surface area contributed by atoms with Gasteiger partial charge in [0.2, 0.25) is 5.78 Å². The zero-order chi connectivity index (χ0) is 17.1. The van der Waals surface area contributed by atoms with Crippen molar-refractivity contribution in [3.63, 3.8) is 0 Å². The number of carbonyl (C=O) groups excluding carboxylic acids is 2. The molecule has 0 saturated heterocycles. The molecule has 1 aromatic carbocycles. The van der Waals surface area contributed by atoms with Crippen LogP contribution in [0.15, 0.2) is 24.3 Å². The van der Waals surface area contributed by atoms with E-state index in [1.807, 2.05) is 32.4 Å². The fourth-order valence-electron chi connectivity index (χ4n) is 2.38. The Morgan fingerprint density at radius 3 is 2.39 bits per heavy atom. The average Bonchev–Trinajstić information content (AvgIpc) is 2.80. The lowest BCUT2D eigenvalue weighted by molar-refractivity contribution is 0.0474. The molecular formula is C18H21NO4. The van der Waals surface area contributed by atoms with Crippen LogP contribution in [-0.2, 0) is 11.8 Å². The molecule has 0 fully saturated rings. The Bertz CT molecular complexity index is 759. The highest BCUT2D eigenvalue weighted by molar-refractivity contribution is 6.00. The van der Waals surface area contributed by atoms with Gasteiger partial charge in [-0.1, -0.05) is 6.07 Å². The molecule has 1 aromatic heterocycles. The van der Waals surface area contributed by atoms with Gasteiger partial charge >= 0.3 is 5.97 Å². The number of rotatable bonds is 5. The number of ketones is 1. The van der Waals surface area contributed by atoms with E-state index in [0.717, 1.165) is 17.0 Å². The van der Waals surface area contributed by atoms with Gasteiger partial charge in [0, 0.05) is 24.0 Å². The molecule has 1 heterocycles. The van der Waals surface area contributed by atoms with Gasteiger partial charge in [-0.15, -0.1) is 0 Å². The van der Waals surface area contributed by atoms with Crippen LogP contribution in [0.3, 0.4) is 0 Å². The number of aromatic nitrogens is 1. The zero-order valence-corrected chi connectivity index (χ0v) is 14.1. The molecule has 0 aliphatic carbocycles. The maximum absolute atomic E-state index is 12.2. The van der Waals surface area contributed by atoms with Crippen LogP contribution in [0.2, 0.25) is 0 Å². The van der Waals surface area contributed by atoms with E-state index in [9.17, 15) is 9.59 Å². The number of aryl methyl sites for hydroxylation is 2. The smallest absolute Gasteiger partial charge is 0.338 e. The molecule has 2 rings (SSSR count). The van der Waals surface area contributed by atoms with Crippen LogP contribution in [0.1, 0.15) is 37.7 Å². The zero-order valence-electron chi connectivity index (χ0n) is 14.1. The summed E-state index contributed by atoms with van der Waals surface area (Å²) in [5.41, 5.74) is 3.72. The van der Waals surface area contributed by atoms with Gasteiger partial charge in [-0.2, -0.15) is 0 Å². The highest BCUT2D eigenvalue weighted by Crippen LogP contribution is 2.20. The maximum atomic E-state index is 12.2. The van der Waals surface area contributed by atoms with Gasteiger partial charge in [-0.3, -0.25) is 4.79 Å². The third-order valence-corrected chi connectivity index (χ3v) is 4.05. The minimum absolute atomic E-state index is 0.210. The second-order valence-corrected chi connectivity index (χ2v) is 5.53.